The van der Waals surface area contributed by atoms with Crippen LogP contribution in [0.2, 0.25) is 0 Å². The Hall–Kier alpha value is -1.37. The van der Waals surface area contributed by atoms with E-state index in [4.69, 9.17) is 14.6 Å². The van der Waals surface area contributed by atoms with Crippen LogP contribution in [0.5, 0.6) is 0 Å². The van der Waals surface area contributed by atoms with E-state index >= 15 is 0 Å². The van der Waals surface area contributed by atoms with Gasteiger partial charge in [-0.2, -0.15) is 0 Å². The number of aromatic nitrogens is 1. The van der Waals surface area contributed by atoms with Crippen molar-refractivity contribution in [3.05, 3.63) is 24.0 Å². The summed E-state index contributed by atoms with van der Waals surface area (Å²) < 4.78 is 12.3. The van der Waals surface area contributed by atoms with Gasteiger partial charge in [-0.3, -0.25) is 4.79 Å². The minimum absolute atomic E-state index is 0.0251. The largest absolute Gasteiger partial charge is 0.394 e. The minimum atomic E-state index is -0.278. The lowest BCUT2D eigenvalue weighted by atomic mass is 10.2. The third-order valence-corrected chi connectivity index (χ3v) is 3.21. The van der Waals surface area contributed by atoms with Crippen LogP contribution in [0, 0.1) is 0 Å². The lowest BCUT2D eigenvalue weighted by Gasteiger charge is -2.32. The van der Waals surface area contributed by atoms with Gasteiger partial charge in [-0.25, -0.2) is 0 Å². The molecule has 2 heterocycles. The summed E-state index contributed by atoms with van der Waals surface area (Å²) in [5.74, 6) is -0.0251. The van der Waals surface area contributed by atoms with Crippen molar-refractivity contribution in [1.82, 2.24) is 9.47 Å². The molecule has 0 saturated carbocycles. The summed E-state index contributed by atoms with van der Waals surface area (Å²) in [4.78, 5) is 14.2. The van der Waals surface area contributed by atoms with E-state index in [1.807, 2.05) is 16.8 Å². The standard InChI is InChI=1S/C13H20N2O4/c1-18-7-5-14-4-2-3-12(14)13(17)15-6-8-19-11(9-15)10-16/h2-4,11,16H,5-10H2,1H3. The summed E-state index contributed by atoms with van der Waals surface area (Å²) in [5.41, 5.74) is 0.649. The number of amides is 1. The van der Waals surface area contributed by atoms with E-state index in [1.54, 1.807) is 18.1 Å². The highest BCUT2D eigenvalue weighted by atomic mass is 16.5. The van der Waals surface area contributed by atoms with Crippen LogP contribution >= 0.6 is 0 Å². The van der Waals surface area contributed by atoms with Crippen molar-refractivity contribution in [2.45, 2.75) is 12.6 Å². The van der Waals surface area contributed by atoms with Crippen molar-refractivity contribution >= 4 is 5.91 Å². The van der Waals surface area contributed by atoms with Gasteiger partial charge in [0, 0.05) is 32.9 Å². The molecule has 6 nitrogen and oxygen atoms in total. The molecule has 106 valence electrons. The number of morpholine rings is 1. The first-order chi connectivity index (χ1) is 9.26. The van der Waals surface area contributed by atoms with Gasteiger partial charge in [0.25, 0.3) is 5.91 Å². The van der Waals surface area contributed by atoms with Gasteiger partial charge in [0.1, 0.15) is 5.69 Å². The maximum atomic E-state index is 12.4. The molecule has 1 atom stereocenters. The van der Waals surface area contributed by atoms with Crippen LogP contribution in [0.3, 0.4) is 0 Å². The first-order valence-corrected chi connectivity index (χ1v) is 6.42. The summed E-state index contributed by atoms with van der Waals surface area (Å²) in [7, 11) is 1.64. The summed E-state index contributed by atoms with van der Waals surface area (Å²) >= 11 is 0. The number of carbonyl (C=O) groups is 1. The fraction of sp³-hybridized carbons (Fsp3) is 0.615. The third kappa shape index (κ3) is 3.34. The fourth-order valence-corrected chi connectivity index (χ4v) is 2.17. The van der Waals surface area contributed by atoms with E-state index in [0.29, 0.717) is 38.5 Å². The Balaban J connectivity index is 2.04. The van der Waals surface area contributed by atoms with E-state index in [0.717, 1.165) is 0 Å². The van der Waals surface area contributed by atoms with Crippen LogP contribution in [0.15, 0.2) is 18.3 Å². The quantitative estimate of drug-likeness (QED) is 0.814. The smallest absolute Gasteiger partial charge is 0.270 e. The van der Waals surface area contributed by atoms with Gasteiger partial charge in [0.15, 0.2) is 0 Å². The van der Waals surface area contributed by atoms with Gasteiger partial charge in [-0.15, -0.1) is 0 Å². The molecule has 1 N–H and O–H groups in total. The Morgan fingerprint density at radius 3 is 3.21 bits per heavy atom. The molecule has 19 heavy (non-hydrogen) atoms. The molecule has 6 heteroatoms. The summed E-state index contributed by atoms with van der Waals surface area (Å²) in [6, 6.07) is 3.66. The number of hydrogen-bond acceptors (Lipinski definition) is 4. The first kappa shape index (κ1) is 14.0. The van der Waals surface area contributed by atoms with Gasteiger partial charge >= 0.3 is 0 Å². The lowest BCUT2D eigenvalue weighted by molar-refractivity contribution is -0.0449. The van der Waals surface area contributed by atoms with E-state index in [-0.39, 0.29) is 18.6 Å². The molecular weight excluding hydrogens is 248 g/mol. The first-order valence-electron chi connectivity index (χ1n) is 6.42. The molecule has 1 aliphatic heterocycles. The molecule has 0 bridgehead atoms. The molecule has 1 aromatic heterocycles. The maximum absolute atomic E-state index is 12.4. The zero-order valence-corrected chi connectivity index (χ0v) is 11.1. The molecule has 2 rings (SSSR count). The number of aliphatic hydroxyl groups excluding tert-OH is 1. The van der Waals surface area contributed by atoms with Gasteiger partial charge in [0.05, 0.1) is 25.9 Å². The number of aliphatic hydroxyl groups is 1. The number of nitrogens with zero attached hydrogens (tertiary/aromatic N) is 2. The van der Waals surface area contributed by atoms with Crippen LogP contribution in [0.1, 0.15) is 10.5 Å². The van der Waals surface area contributed by atoms with Crippen molar-refractivity contribution in [3.63, 3.8) is 0 Å². The predicted molar refractivity (Wildman–Crippen MR) is 69.0 cm³/mol. The van der Waals surface area contributed by atoms with E-state index in [1.165, 1.54) is 0 Å². The average Bonchev–Trinajstić information content (AvgIpc) is 2.92. The Bertz CT molecular complexity index is 419. The average molecular weight is 268 g/mol. The van der Waals surface area contributed by atoms with E-state index < -0.39 is 0 Å². The van der Waals surface area contributed by atoms with Gasteiger partial charge in [-0.1, -0.05) is 0 Å². The Morgan fingerprint density at radius 2 is 2.47 bits per heavy atom. The van der Waals surface area contributed by atoms with Crippen LogP contribution in [0.25, 0.3) is 0 Å². The van der Waals surface area contributed by atoms with Crippen molar-refractivity contribution < 1.29 is 19.4 Å². The van der Waals surface area contributed by atoms with Crippen molar-refractivity contribution in [2.75, 3.05) is 40.0 Å². The summed E-state index contributed by atoms with van der Waals surface area (Å²) in [6.45, 7) is 2.62. The maximum Gasteiger partial charge on any atom is 0.270 e. The SMILES string of the molecule is COCCn1cccc1C(=O)N1CCOC(CO)C1. The summed E-state index contributed by atoms with van der Waals surface area (Å²) in [5, 5.41) is 9.11. The molecule has 0 aliphatic carbocycles. The zero-order valence-electron chi connectivity index (χ0n) is 11.1. The second-order valence-corrected chi connectivity index (χ2v) is 4.51. The van der Waals surface area contributed by atoms with E-state index in [2.05, 4.69) is 0 Å². The number of methoxy groups -OCH3 is 1. The molecule has 1 amide bonds. The Kier molecular flexibility index (Phi) is 4.95. The van der Waals surface area contributed by atoms with Crippen LogP contribution in [0.4, 0.5) is 0 Å². The molecule has 1 aliphatic rings. The normalized spacial score (nSPS) is 19.7. The third-order valence-electron chi connectivity index (χ3n) is 3.21. The van der Waals surface area contributed by atoms with Crippen molar-refractivity contribution in [2.24, 2.45) is 0 Å². The van der Waals surface area contributed by atoms with Gasteiger partial charge in [0.2, 0.25) is 0 Å². The second kappa shape index (κ2) is 6.70. The Labute approximate surface area is 112 Å². The van der Waals surface area contributed by atoms with Crippen molar-refractivity contribution in [1.29, 1.82) is 0 Å². The van der Waals surface area contributed by atoms with Crippen LogP contribution in [-0.2, 0) is 16.0 Å². The number of ether oxygens (including phenoxy) is 2. The highest BCUT2D eigenvalue weighted by molar-refractivity contribution is 5.92. The highest BCUT2D eigenvalue weighted by Crippen LogP contribution is 2.11. The van der Waals surface area contributed by atoms with Crippen molar-refractivity contribution in [3.8, 4) is 0 Å². The number of rotatable bonds is 5. The topological polar surface area (TPSA) is 63.9 Å². The number of carbonyl (C=O) groups excluding carboxylic acids is 1. The molecule has 1 saturated heterocycles. The second-order valence-electron chi connectivity index (χ2n) is 4.51. The minimum Gasteiger partial charge on any atom is -0.394 e. The zero-order chi connectivity index (χ0) is 13.7. The molecule has 0 radical (unpaired) electrons. The molecule has 1 fully saturated rings. The molecule has 0 spiro atoms. The monoisotopic (exact) mass is 268 g/mol. The Morgan fingerprint density at radius 1 is 1.63 bits per heavy atom. The van der Waals surface area contributed by atoms with Crippen LogP contribution < -0.4 is 0 Å². The summed E-state index contributed by atoms with van der Waals surface area (Å²) in [6.07, 6.45) is 1.59. The molecular formula is C13H20N2O4. The fourth-order valence-electron chi connectivity index (χ4n) is 2.17. The van der Waals surface area contributed by atoms with Crippen LogP contribution in [-0.4, -0.2) is 66.6 Å². The van der Waals surface area contributed by atoms with E-state index in [9.17, 15) is 4.79 Å². The number of hydrogen-bond donors (Lipinski definition) is 1. The predicted octanol–water partition coefficient (Wildman–Crippen LogP) is -0.0322. The highest BCUT2D eigenvalue weighted by Gasteiger charge is 2.25. The van der Waals surface area contributed by atoms with Gasteiger partial charge in [-0.05, 0) is 12.1 Å². The molecule has 1 aromatic rings. The van der Waals surface area contributed by atoms with Gasteiger partial charge < -0.3 is 24.0 Å². The molecule has 0 aromatic carbocycles. The lowest BCUT2D eigenvalue weighted by Crippen LogP contribution is -2.47. The molecule has 1 unspecified atom stereocenters.